The summed E-state index contributed by atoms with van der Waals surface area (Å²) in [7, 11) is 1.58. The Morgan fingerprint density at radius 1 is 1.38 bits per heavy atom. The number of aromatic nitrogens is 1. The largest absolute Gasteiger partial charge is 0.481 e. The van der Waals surface area contributed by atoms with Gasteiger partial charge in [-0.25, -0.2) is 4.98 Å². The molecule has 1 fully saturated rings. The minimum atomic E-state index is -0.914. The van der Waals surface area contributed by atoms with Crippen molar-refractivity contribution in [2.45, 2.75) is 31.4 Å². The van der Waals surface area contributed by atoms with E-state index >= 15 is 0 Å². The van der Waals surface area contributed by atoms with E-state index in [1.165, 1.54) is 11.3 Å². The first kappa shape index (κ1) is 18.8. The molecular weight excluding hydrogens is 376 g/mol. The molecule has 2 atom stereocenters. The van der Waals surface area contributed by atoms with Gasteiger partial charge in [0.1, 0.15) is 5.01 Å². The van der Waals surface area contributed by atoms with Crippen LogP contribution in [0.3, 0.4) is 0 Å². The van der Waals surface area contributed by atoms with Crippen LogP contribution in [0.5, 0.6) is 0 Å². The quantitative estimate of drug-likeness (QED) is 0.814. The number of carbonyl (C=O) groups excluding carboxylic acids is 1. The summed E-state index contributed by atoms with van der Waals surface area (Å²) in [5, 5.41) is 12.4. The van der Waals surface area contributed by atoms with Gasteiger partial charge in [0.05, 0.1) is 24.6 Å². The summed E-state index contributed by atoms with van der Waals surface area (Å²) in [4.78, 5) is 29.9. The second-order valence-electron chi connectivity index (χ2n) is 6.22. The highest BCUT2D eigenvalue weighted by atomic mass is 35.5. The Morgan fingerprint density at radius 3 is 2.77 bits per heavy atom. The molecule has 6 nitrogen and oxygen atoms in total. The zero-order chi connectivity index (χ0) is 18.7. The van der Waals surface area contributed by atoms with E-state index in [9.17, 15) is 9.59 Å². The van der Waals surface area contributed by atoms with Crippen LogP contribution in [0.4, 0.5) is 0 Å². The van der Waals surface area contributed by atoms with Crippen LogP contribution < -0.4 is 0 Å². The maximum absolute atomic E-state index is 12.7. The van der Waals surface area contributed by atoms with Gasteiger partial charge >= 0.3 is 5.97 Å². The number of hydrogen-bond acceptors (Lipinski definition) is 5. The minimum absolute atomic E-state index is 0.0707. The third-order valence-corrected chi connectivity index (χ3v) is 5.61. The van der Waals surface area contributed by atoms with Gasteiger partial charge in [-0.15, -0.1) is 11.3 Å². The fraction of sp³-hybridized carbons (Fsp3) is 0.389. The van der Waals surface area contributed by atoms with Crippen molar-refractivity contribution >= 4 is 34.8 Å². The second kappa shape index (κ2) is 8.16. The molecule has 1 aromatic carbocycles. The summed E-state index contributed by atoms with van der Waals surface area (Å²) in [5.41, 5.74) is 1.63. The van der Waals surface area contributed by atoms with Crippen molar-refractivity contribution in [3.8, 4) is 10.6 Å². The molecule has 1 aliphatic rings. The molecule has 2 heterocycles. The highest BCUT2D eigenvalue weighted by molar-refractivity contribution is 7.13. The van der Waals surface area contributed by atoms with Crippen LogP contribution >= 0.6 is 22.9 Å². The molecular formula is C18H19ClN2O4S. The maximum atomic E-state index is 12.7. The van der Waals surface area contributed by atoms with Crippen molar-refractivity contribution in [2.75, 3.05) is 13.7 Å². The van der Waals surface area contributed by atoms with Crippen LogP contribution in [0, 0.1) is 0 Å². The normalized spacial score (nSPS) is 19.7. The molecule has 138 valence electrons. The molecule has 1 amide bonds. The summed E-state index contributed by atoms with van der Waals surface area (Å²) in [6.45, 7) is 0.418. The van der Waals surface area contributed by atoms with E-state index in [1.807, 2.05) is 17.5 Å². The van der Waals surface area contributed by atoms with E-state index in [2.05, 4.69) is 4.98 Å². The van der Waals surface area contributed by atoms with Gasteiger partial charge in [-0.2, -0.15) is 0 Å². The van der Waals surface area contributed by atoms with E-state index < -0.39 is 5.97 Å². The molecule has 1 N–H and O–H groups in total. The lowest BCUT2D eigenvalue weighted by molar-refractivity contribution is -0.139. The molecule has 3 rings (SSSR count). The Bertz CT molecular complexity index is 793. The predicted molar refractivity (Wildman–Crippen MR) is 99.4 cm³/mol. The van der Waals surface area contributed by atoms with Gasteiger partial charge in [-0.3, -0.25) is 9.59 Å². The Labute approximate surface area is 160 Å². The fourth-order valence-corrected chi connectivity index (χ4v) is 4.07. The number of hydrogen-bond donors (Lipinski definition) is 1. The smallest absolute Gasteiger partial charge is 0.305 e. The molecule has 0 spiro atoms. The number of methoxy groups -OCH3 is 1. The average molecular weight is 395 g/mol. The molecule has 26 heavy (non-hydrogen) atoms. The summed E-state index contributed by atoms with van der Waals surface area (Å²) in [5.74, 6) is -1.04. The van der Waals surface area contributed by atoms with Crippen LogP contribution in [0.1, 0.15) is 18.5 Å². The first-order valence-corrected chi connectivity index (χ1v) is 9.46. The van der Waals surface area contributed by atoms with E-state index in [4.69, 9.17) is 21.4 Å². The summed E-state index contributed by atoms with van der Waals surface area (Å²) in [6, 6.07) is 7.04. The molecule has 1 aromatic heterocycles. The molecule has 2 aromatic rings. The number of likely N-dealkylation sites (tertiary alicyclic amines) is 1. The van der Waals surface area contributed by atoms with Gasteiger partial charge in [-0.1, -0.05) is 23.7 Å². The SMILES string of the molecule is COC1CC(CC(=O)O)N(C(=O)Cc2csc(-c3ccc(Cl)cc3)n2)C1. The van der Waals surface area contributed by atoms with Gasteiger partial charge < -0.3 is 14.7 Å². The molecule has 2 unspecified atom stereocenters. The van der Waals surface area contributed by atoms with Gasteiger partial charge in [0.25, 0.3) is 0 Å². The highest BCUT2D eigenvalue weighted by Gasteiger charge is 2.36. The molecule has 1 aliphatic heterocycles. The first-order valence-electron chi connectivity index (χ1n) is 8.20. The van der Waals surface area contributed by atoms with Gasteiger partial charge in [-0.05, 0) is 18.6 Å². The van der Waals surface area contributed by atoms with Crippen LogP contribution in [0.25, 0.3) is 10.6 Å². The second-order valence-corrected chi connectivity index (χ2v) is 7.51. The monoisotopic (exact) mass is 394 g/mol. The zero-order valence-electron chi connectivity index (χ0n) is 14.2. The number of carboxylic acids is 1. The van der Waals surface area contributed by atoms with Gasteiger partial charge in [0.15, 0.2) is 0 Å². The van der Waals surface area contributed by atoms with E-state index in [0.29, 0.717) is 23.7 Å². The Balaban J connectivity index is 1.69. The number of thiazole rings is 1. The standard InChI is InChI=1S/C18H19ClN2O4S/c1-25-15-7-14(8-17(23)24)21(9-15)16(22)6-13-10-26-18(20-13)11-2-4-12(19)5-3-11/h2-5,10,14-15H,6-9H2,1H3,(H,23,24). The number of rotatable bonds is 6. The molecule has 8 heteroatoms. The van der Waals surface area contributed by atoms with Crippen LogP contribution in [-0.4, -0.2) is 52.7 Å². The lowest BCUT2D eigenvalue weighted by atomic mass is 10.1. The fourth-order valence-electron chi connectivity index (χ4n) is 3.11. The molecule has 0 radical (unpaired) electrons. The molecule has 0 saturated carbocycles. The third-order valence-electron chi connectivity index (χ3n) is 4.42. The van der Waals surface area contributed by atoms with Gasteiger partial charge in [0, 0.05) is 35.7 Å². The number of carboxylic acid groups (broad SMARTS) is 1. The van der Waals surface area contributed by atoms with Crippen molar-refractivity contribution < 1.29 is 19.4 Å². The van der Waals surface area contributed by atoms with Crippen LogP contribution in [-0.2, 0) is 20.7 Å². The topological polar surface area (TPSA) is 79.7 Å². The molecule has 0 aliphatic carbocycles. The number of carbonyl (C=O) groups is 2. The summed E-state index contributed by atoms with van der Waals surface area (Å²) >= 11 is 7.37. The van der Waals surface area contributed by atoms with Crippen LogP contribution in [0.2, 0.25) is 5.02 Å². The lowest BCUT2D eigenvalue weighted by Crippen LogP contribution is -2.38. The lowest BCUT2D eigenvalue weighted by Gasteiger charge is -2.22. The Morgan fingerprint density at radius 2 is 2.12 bits per heavy atom. The van der Waals surface area contributed by atoms with Crippen molar-refractivity contribution in [2.24, 2.45) is 0 Å². The maximum Gasteiger partial charge on any atom is 0.305 e. The number of benzene rings is 1. The van der Waals surface area contributed by atoms with Crippen molar-refractivity contribution in [1.29, 1.82) is 0 Å². The number of amides is 1. The van der Waals surface area contributed by atoms with E-state index in [-0.39, 0.29) is 30.9 Å². The summed E-state index contributed by atoms with van der Waals surface area (Å²) in [6.07, 6.45) is 0.500. The zero-order valence-corrected chi connectivity index (χ0v) is 15.8. The van der Waals surface area contributed by atoms with Gasteiger partial charge in [0.2, 0.25) is 5.91 Å². The number of aliphatic carboxylic acids is 1. The predicted octanol–water partition coefficient (Wildman–Crippen LogP) is 3.10. The Kier molecular flexibility index (Phi) is 5.90. The average Bonchev–Trinajstić information content (AvgIpc) is 3.22. The first-order chi connectivity index (χ1) is 12.5. The summed E-state index contributed by atoms with van der Waals surface area (Å²) < 4.78 is 5.31. The van der Waals surface area contributed by atoms with E-state index in [1.54, 1.807) is 24.1 Å². The van der Waals surface area contributed by atoms with Crippen molar-refractivity contribution in [1.82, 2.24) is 9.88 Å². The van der Waals surface area contributed by atoms with Crippen molar-refractivity contribution in [3.63, 3.8) is 0 Å². The number of halogens is 1. The minimum Gasteiger partial charge on any atom is -0.481 e. The van der Waals surface area contributed by atoms with E-state index in [0.717, 1.165) is 10.6 Å². The molecule has 1 saturated heterocycles. The highest BCUT2D eigenvalue weighted by Crippen LogP contribution is 2.27. The third kappa shape index (κ3) is 4.41. The van der Waals surface area contributed by atoms with Crippen LogP contribution in [0.15, 0.2) is 29.6 Å². The number of ether oxygens (including phenoxy) is 1. The number of nitrogens with zero attached hydrogens (tertiary/aromatic N) is 2. The molecule has 0 bridgehead atoms. The Hall–Kier alpha value is -1.96. The van der Waals surface area contributed by atoms with Crippen molar-refractivity contribution in [3.05, 3.63) is 40.4 Å².